The van der Waals surface area contributed by atoms with Crippen LogP contribution in [0.25, 0.3) is 10.9 Å². The minimum atomic E-state index is -0.0704. The van der Waals surface area contributed by atoms with Gasteiger partial charge < -0.3 is 20.3 Å². The molecular formula is C25H31N5O2. The second kappa shape index (κ2) is 9.85. The molecule has 0 bridgehead atoms. The Hall–Kier alpha value is -3.35. The summed E-state index contributed by atoms with van der Waals surface area (Å²) in [6.07, 6.45) is 3.72. The number of carbonyl (C=O) groups excluding carboxylic acids is 1. The molecule has 0 spiro atoms. The monoisotopic (exact) mass is 433 g/mol. The van der Waals surface area contributed by atoms with Crippen LogP contribution < -0.4 is 20.3 Å². The van der Waals surface area contributed by atoms with Crippen LogP contribution in [0.1, 0.15) is 43.0 Å². The van der Waals surface area contributed by atoms with Gasteiger partial charge >= 0.3 is 0 Å². The summed E-state index contributed by atoms with van der Waals surface area (Å²) >= 11 is 0. The van der Waals surface area contributed by atoms with Crippen molar-refractivity contribution in [3.8, 4) is 5.75 Å². The van der Waals surface area contributed by atoms with Crippen LogP contribution in [0.4, 0.5) is 11.8 Å². The predicted octanol–water partition coefficient (Wildman–Crippen LogP) is 4.25. The van der Waals surface area contributed by atoms with Gasteiger partial charge in [-0.3, -0.25) is 4.79 Å². The third-order valence-corrected chi connectivity index (χ3v) is 5.83. The van der Waals surface area contributed by atoms with Crippen molar-refractivity contribution in [3.05, 3.63) is 54.1 Å². The number of carbonyl (C=O) groups is 1. The molecular weight excluding hydrogens is 402 g/mol. The molecule has 0 radical (unpaired) electrons. The maximum absolute atomic E-state index is 12.8. The SMILES string of the molecule is CCOc1ccccc1C(=O)N[C@H]1CC[C@@H](Nc2nc(N(C)C)c3ccccc3n2)CC1. The Morgan fingerprint density at radius 2 is 1.69 bits per heavy atom. The fraction of sp³-hybridized carbons (Fsp3) is 0.400. The highest BCUT2D eigenvalue weighted by molar-refractivity contribution is 5.97. The lowest BCUT2D eigenvalue weighted by Crippen LogP contribution is -2.40. The average molecular weight is 434 g/mol. The zero-order valence-electron chi connectivity index (χ0n) is 19.0. The number of hydrogen-bond acceptors (Lipinski definition) is 6. The first kappa shape index (κ1) is 21.9. The Morgan fingerprint density at radius 3 is 2.44 bits per heavy atom. The largest absolute Gasteiger partial charge is 0.493 e. The van der Waals surface area contributed by atoms with E-state index in [9.17, 15) is 4.79 Å². The number of hydrogen-bond donors (Lipinski definition) is 2. The molecule has 1 aliphatic carbocycles. The zero-order chi connectivity index (χ0) is 22.5. The maximum atomic E-state index is 12.8. The van der Waals surface area contributed by atoms with Crippen LogP contribution in [-0.4, -0.2) is 48.7 Å². The number of aromatic nitrogens is 2. The first-order valence-corrected chi connectivity index (χ1v) is 11.3. The Balaban J connectivity index is 1.37. The average Bonchev–Trinajstić information content (AvgIpc) is 2.80. The van der Waals surface area contributed by atoms with Crippen LogP contribution in [0.3, 0.4) is 0 Å². The lowest BCUT2D eigenvalue weighted by molar-refractivity contribution is 0.0922. The minimum absolute atomic E-state index is 0.0704. The van der Waals surface area contributed by atoms with Crippen LogP contribution in [0.15, 0.2) is 48.5 Å². The normalized spacial score (nSPS) is 18.2. The molecule has 2 N–H and O–H groups in total. The van der Waals surface area contributed by atoms with Gasteiger partial charge in [0.1, 0.15) is 11.6 Å². The first-order valence-electron chi connectivity index (χ1n) is 11.3. The van der Waals surface area contributed by atoms with Crippen LogP contribution in [0.5, 0.6) is 5.75 Å². The van der Waals surface area contributed by atoms with E-state index in [1.165, 1.54) is 0 Å². The molecule has 0 unspecified atom stereocenters. The summed E-state index contributed by atoms with van der Waals surface area (Å²) in [6.45, 7) is 2.46. The summed E-state index contributed by atoms with van der Waals surface area (Å²) in [4.78, 5) is 24.3. The van der Waals surface area contributed by atoms with E-state index in [-0.39, 0.29) is 18.0 Å². The van der Waals surface area contributed by atoms with E-state index in [1.54, 1.807) is 0 Å². The van der Waals surface area contributed by atoms with Gasteiger partial charge in [0.2, 0.25) is 5.95 Å². The van der Waals surface area contributed by atoms with Gasteiger partial charge in [0.15, 0.2) is 0 Å². The molecule has 4 rings (SSSR count). The Morgan fingerprint density at radius 1 is 1.00 bits per heavy atom. The number of para-hydroxylation sites is 2. The van der Waals surface area contributed by atoms with E-state index >= 15 is 0 Å². The predicted molar refractivity (Wildman–Crippen MR) is 129 cm³/mol. The third kappa shape index (κ3) is 4.93. The summed E-state index contributed by atoms with van der Waals surface area (Å²) in [5.41, 5.74) is 1.53. The molecule has 0 saturated heterocycles. The molecule has 1 heterocycles. The molecule has 1 amide bonds. The Kier molecular flexibility index (Phi) is 6.73. The molecule has 7 nitrogen and oxygen atoms in total. The van der Waals surface area contributed by atoms with Crippen molar-refractivity contribution in [1.82, 2.24) is 15.3 Å². The van der Waals surface area contributed by atoms with Gasteiger partial charge in [-0.1, -0.05) is 24.3 Å². The van der Waals surface area contributed by atoms with E-state index in [0.717, 1.165) is 42.4 Å². The van der Waals surface area contributed by atoms with E-state index in [1.807, 2.05) is 74.4 Å². The number of amides is 1. The quantitative estimate of drug-likeness (QED) is 0.580. The second-order valence-corrected chi connectivity index (χ2v) is 8.38. The number of benzene rings is 2. The third-order valence-electron chi connectivity index (χ3n) is 5.83. The Bertz CT molecular complexity index is 1080. The standard InChI is InChI=1S/C25H31N5O2/c1-4-32-22-12-8-6-10-20(22)24(31)26-17-13-15-18(16-14-17)27-25-28-21-11-7-5-9-19(21)23(29-25)30(2)3/h5-12,17-18H,4,13-16H2,1-3H3,(H,26,31)(H,27,28,29)/t17-,18+. The topological polar surface area (TPSA) is 79.4 Å². The van der Waals surface area contributed by atoms with Crippen molar-refractivity contribution < 1.29 is 9.53 Å². The summed E-state index contributed by atoms with van der Waals surface area (Å²) < 4.78 is 5.60. The Labute approximate surface area is 189 Å². The smallest absolute Gasteiger partial charge is 0.255 e. The van der Waals surface area contributed by atoms with Gasteiger partial charge in [0, 0.05) is 31.6 Å². The summed E-state index contributed by atoms with van der Waals surface area (Å²) in [7, 11) is 3.99. The van der Waals surface area contributed by atoms with Gasteiger partial charge in [0.05, 0.1) is 17.7 Å². The summed E-state index contributed by atoms with van der Waals surface area (Å²) in [5.74, 6) is 2.13. The molecule has 0 aliphatic heterocycles. The van der Waals surface area contributed by atoms with Crippen molar-refractivity contribution >= 4 is 28.6 Å². The molecule has 0 atom stereocenters. The zero-order valence-corrected chi connectivity index (χ0v) is 19.0. The van der Waals surface area contributed by atoms with Crippen LogP contribution in [-0.2, 0) is 0 Å². The van der Waals surface area contributed by atoms with Crippen molar-refractivity contribution in [1.29, 1.82) is 0 Å². The van der Waals surface area contributed by atoms with Crippen molar-refractivity contribution in [2.45, 2.75) is 44.7 Å². The molecule has 1 aromatic heterocycles. The molecule has 1 aliphatic rings. The van der Waals surface area contributed by atoms with Crippen LogP contribution >= 0.6 is 0 Å². The summed E-state index contributed by atoms with van der Waals surface area (Å²) in [5, 5.41) is 7.74. The van der Waals surface area contributed by atoms with E-state index in [4.69, 9.17) is 14.7 Å². The maximum Gasteiger partial charge on any atom is 0.255 e. The highest BCUT2D eigenvalue weighted by Crippen LogP contribution is 2.27. The number of rotatable bonds is 7. The van der Waals surface area contributed by atoms with Gasteiger partial charge in [-0.15, -0.1) is 0 Å². The van der Waals surface area contributed by atoms with E-state index in [2.05, 4.69) is 10.6 Å². The number of nitrogens with one attached hydrogen (secondary N) is 2. The van der Waals surface area contributed by atoms with Crippen LogP contribution in [0, 0.1) is 0 Å². The number of anilines is 2. The van der Waals surface area contributed by atoms with Crippen molar-refractivity contribution in [2.75, 3.05) is 30.9 Å². The first-order chi connectivity index (χ1) is 15.5. The lowest BCUT2D eigenvalue weighted by Gasteiger charge is -2.30. The molecule has 32 heavy (non-hydrogen) atoms. The number of fused-ring (bicyclic) bond motifs is 1. The fourth-order valence-electron chi connectivity index (χ4n) is 4.23. The molecule has 168 valence electrons. The lowest BCUT2D eigenvalue weighted by atomic mass is 9.91. The minimum Gasteiger partial charge on any atom is -0.493 e. The van der Waals surface area contributed by atoms with Crippen LogP contribution in [0.2, 0.25) is 0 Å². The highest BCUT2D eigenvalue weighted by atomic mass is 16.5. The van der Waals surface area contributed by atoms with Gasteiger partial charge in [-0.25, -0.2) is 4.98 Å². The van der Waals surface area contributed by atoms with E-state index < -0.39 is 0 Å². The molecule has 2 aromatic carbocycles. The molecule has 1 saturated carbocycles. The number of ether oxygens (including phenoxy) is 1. The number of nitrogens with zero attached hydrogens (tertiary/aromatic N) is 3. The second-order valence-electron chi connectivity index (χ2n) is 8.38. The van der Waals surface area contributed by atoms with E-state index in [0.29, 0.717) is 23.9 Å². The molecule has 7 heteroatoms. The summed E-state index contributed by atoms with van der Waals surface area (Å²) in [6, 6.07) is 15.9. The molecule has 3 aromatic rings. The van der Waals surface area contributed by atoms with Gasteiger partial charge in [-0.05, 0) is 56.9 Å². The van der Waals surface area contributed by atoms with Crippen molar-refractivity contribution in [2.24, 2.45) is 0 Å². The van der Waals surface area contributed by atoms with Gasteiger partial charge in [0.25, 0.3) is 5.91 Å². The fourth-order valence-corrected chi connectivity index (χ4v) is 4.23. The molecule has 1 fully saturated rings. The van der Waals surface area contributed by atoms with Crippen molar-refractivity contribution in [3.63, 3.8) is 0 Å². The van der Waals surface area contributed by atoms with Gasteiger partial charge in [-0.2, -0.15) is 4.98 Å². The highest BCUT2D eigenvalue weighted by Gasteiger charge is 2.24.